The highest BCUT2D eigenvalue weighted by molar-refractivity contribution is 5.99. The first-order valence-electron chi connectivity index (χ1n) is 29.4. The standard InChI is InChI=1S/C58H87N13O14/c1-31(2)23-41-54(80)69-42(24-32-27-62-36-15-5-3-13-34(32)36)55(81)64-40(19-9-12-22-61)53(79)71-45(29-72)58(84)66-39(18-8-11-21-60)52(78)70-44(26-46-48(74)50(76)49(75)47(30-73)85-46)57(83)65-38(17-7-10-20-59)51(77)68-43(56(82)67-41)25-33-28-63-37-16-6-4-14-35(33)37/h3-6,13-16,27-28,31,38-50,62-63,72-76H,7-12,17-26,29-30,59-61H2,1-2H3,(H,64,81)(H,65,83)(H,66,84)(H,67,82)(H,68,77)(H,69,80)(H,70,78)(H,71,79)/t38-,39-,40-,41-,42+,43+,44+,45+,46+,47-,48+,49+,50-/m1/s1. The van der Waals surface area contributed by atoms with Crippen LogP contribution in [0.15, 0.2) is 60.9 Å². The van der Waals surface area contributed by atoms with Crippen LogP contribution in [0.1, 0.15) is 95.6 Å². The van der Waals surface area contributed by atoms with Crippen molar-refractivity contribution in [2.45, 2.75) is 176 Å². The summed E-state index contributed by atoms with van der Waals surface area (Å²) in [5, 5.41) is 76.3. The van der Waals surface area contributed by atoms with Crippen molar-refractivity contribution in [1.82, 2.24) is 52.5 Å². The highest BCUT2D eigenvalue weighted by Crippen LogP contribution is 2.26. The van der Waals surface area contributed by atoms with Gasteiger partial charge in [-0.1, -0.05) is 50.2 Å². The van der Waals surface area contributed by atoms with Gasteiger partial charge in [-0.3, -0.25) is 38.4 Å². The molecule has 0 spiro atoms. The average Bonchev–Trinajstić information content (AvgIpc) is 3.29. The van der Waals surface area contributed by atoms with Crippen LogP contribution < -0.4 is 59.7 Å². The molecule has 27 nitrogen and oxygen atoms in total. The zero-order valence-electron chi connectivity index (χ0n) is 48.2. The monoisotopic (exact) mass is 1190 g/mol. The molecule has 2 saturated heterocycles. The van der Waals surface area contributed by atoms with Gasteiger partial charge in [-0.2, -0.15) is 0 Å². The summed E-state index contributed by atoms with van der Waals surface area (Å²) in [6.45, 7) is 2.42. The maximum Gasteiger partial charge on any atom is 0.245 e. The second kappa shape index (κ2) is 33.0. The molecule has 0 bridgehead atoms. The molecule has 2 aromatic carbocycles. The third kappa shape index (κ3) is 18.7. The SMILES string of the molecule is CC(C)C[C@H]1NC(=O)[C@H](Cc2c[nH]c3ccccc23)NC(=O)[C@@H](CCCCN)NC(=O)[C@H](C[C@@H]2O[C@H](CO)[C@H](O)[C@H](O)[C@H]2O)NC(=O)[C@@H](CCCCN)NC(=O)[C@H](CO)NC(=O)[C@@H](CCCCN)NC(=O)[C@H](Cc2c[nH]c3ccccc23)NC1=O. The molecule has 468 valence electrons. The lowest BCUT2D eigenvalue weighted by Crippen LogP contribution is -2.63. The molecule has 13 atom stereocenters. The van der Waals surface area contributed by atoms with E-state index in [1.54, 1.807) is 24.5 Å². The molecule has 0 saturated carbocycles. The number of rotatable bonds is 22. The molecule has 21 N–H and O–H groups in total. The van der Waals surface area contributed by atoms with Crippen LogP contribution in [0.5, 0.6) is 0 Å². The van der Waals surface area contributed by atoms with Gasteiger partial charge < -0.3 is 100.0 Å². The van der Waals surface area contributed by atoms with Gasteiger partial charge in [0.05, 0.1) is 19.3 Å². The summed E-state index contributed by atoms with van der Waals surface area (Å²) in [6, 6.07) is 2.48. The number of carbonyl (C=O) groups excluding carboxylic acids is 8. The fourth-order valence-electron chi connectivity index (χ4n) is 10.7. The summed E-state index contributed by atoms with van der Waals surface area (Å²) in [5.74, 6) is -7.54. The molecule has 4 aromatic rings. The quantitative estimate of drug-likeness (QED) is 0.0348. The number of amides is 8. The Morgan fingerprint density at radius 1 is 0.435 bits per heavy atom. The highest BCUT2D eigenvalue weighted by Gasteiger charge is 2.46. The number of hydrogen-bond donors (Lipinski definition) is 18. The second-order valence-corrected chi connectivity index (χ2v) is 22.4. The summed E-state index contributed by atoms with van der Waals surface area (Å²) in [4.78, 5) is 124. The predicted octanol–water partition coefficient (Wildman–Crippen LogP) is -3.02. The molecule has 0 aliphatic carbocycles. The number of H-pyrrole nitrogens is 2. The second-order valence-electron chi connectivity index (χ2n) is 22.4. The molecule has 4 heterocycles. The number of aromatic nitrogens is 2. The van der Waals surface area contributed by atoms with Gasteiger partial charge in [-0.25, -0.2) is 0 Å². The topological polar surface area (TPSA) is 453 Å². The van der Waals surface area contributed by atoms with E-state index in [0.29, 0.717) is 36.8 Å². The number of aliphatic hydroxyl groups excluding tert-OH is 5. The molecule has 2 aliphatic heterocycles. The minimum Gasteiger partial charge on any atom is -0.394 e. The van der Waals surface area contributed by atoms with Crippen molar-refractivity contribution >= 4 is 69.1 Å². The number of benzene rings is 2. The third-order valence-electron chi connectivity index (χ3n) is 15.5. The van der Waals surface area contributed by atoms with Crippen molar-refractivity contribution in [3.63, 3.8) is 0 Å². The number of aliphatic hydroxyl groups is 5. The lowest BCUT2D eigenvalue weighted by molar-refractivity contribution is -0.231. The van der Waals surface area contributed by atoms with Crippen LogP contribution in [0.4, 0.5) is 0 Å². The van der Waals surface area contributed by atoms with Gasteiger partial charge >= 0.3 is 0 Å². The molecule has 0 radical (unpaired) electrons. The van der Waals surface area contributed by atoms with Crippen LogP contribution in [0.2, 0.25) is 0 Å². The Balaban J connectivity index is 1.47. The minimum atomic E-state index is -1.89. The van der Waals surface area contributed by atoms with Crippen molar-refractivity contribution in [2.75, 3.05) is 32.8 Å². The van der Waals surface area contributed by atoms with Gasteiger partial charge in [0.15, 0.2) is 0 Å². The van der Waals surface area contributed by atoms with Crippen LogP contribution in [-0.2, 0) is 55.9 Å². The molecule has 27 heteroatoms. The van der Waals surface area contributed by atoms with E-state index in [1.807, 2.05) is 50.2 Å². The predicted molar refractivity (Wildman–Crippen MR) is 313 cm³/mol. The minimum absolute atomic E-state index is 0.0201. The fourth-order valence-corrected chi connectivity index (χ4v) is 10.7. The zero-order chi connectivity index (χ0) is 61.7. The summed E-state index contributed by atoms with van der Waals surface area (Å²) >= 11 is 0. The maximum absolute atomic E-state index is 15.0. The van der Waals surface area contributed by atoms with E-state index < -0.39 is 146 Å². The summed E-state index contributed by atoms with van der Waals surface area (Å²) in [5.41, 5.74) is 20.2. The molecule has 6 rings (SSSR count). The largest absolute Gasteiger partial charge is 0.394 e. The Morgan fingerprint density at radius 2 is 0.788 bits per heavy atom. The van der Waals surface area contributed by atoms with Crippen molar-refractivity contribution in [3.8, 4) is 0 Å². The maximum atomic E-state index is 15.0. The van der Waals surface area contributed by atoms with E-state index >= 15 is 4.79 Å². The molecular weight excluding hydrogens is 1100 g/mol. The normalized spacial score (nSPS) is 27.5. The number of nitrogens with one attached hydrogen (secondary N) is 10. The van der Waals surface area contributed by atoms with Gasteiger partial charge in [-0.15, -0.1) is 0 Å². The van der Waals surface area contributed by atoms with Crippen molar-refractivity contribution < 1.29 is 68.6 Å². The van der Waals surface area contributed by atoms with E-state index in [0.717, 1.165) is 21.8 Å². The molecule has 2 aromatic heterocycles. The van der Waals surface area contributed by atoms with Gasteiger partial charge in [-0.05, 0) is 113 Å². The van der Waals surface area contributed by atoms with Crippen LogP contribution in [0.3, 0.4) is 0 Å². The Labute approximate surface area is 492 Å². The average molecular weight is 1190 g/mol. The first kappa shape index (κ1) is 67.1. The zero-order valence-corrected chi connectivity index (χ0v) is 48.2. The van der Waals surface area contributed by atoms with Gasteiger partial charge in [0, 0.05) is 53.5 Å². The highest BCUT2D eigenvalue weighted by atomic mass is 16.5. The number of aromatic amines is 2. The third-order valence-corrected chi connectivity index (χ3v) is 15.5. The van der Waals surface area contributed by atoms with E-state index in [-0.39, 0.29) is 76.9 Å². The summed E-state index contributed by atoms with van der Waals surface area (Å²) in [7, 11) is 0. The van der Waals surface area contributed by atoms with E-state index in [4.69, 9.17) is 21.9 Å². The number of ether oxygens (including phenoxy) is 1. The van der Waals surface area contributed by atoms with Crippen molar-refractivity contribution in [2.24, 2.45) is 23.1 Å². The Morgan fingerprint density at radius 3 is 1.21 bits per heavy atom. The molecule has 2 aliphatic rings. The van der Waals surface area contributed by atoms with Crippen molar-refractivity contribution in [3.05, 3.63) is 72.1 Å². The van der Waals surface area contributed by atoms with Crippen LogP contribution in [-0.4, -0.2) is 194 Å². The van der Waals surface area contributed by atoms with E-state index in [9.17, 15) is 59.1 Å². The lowest BCUT2D eigenvalue weighted by atomic mass is 9.91. The fraction of sp³-hybridized carbons (Fsp3) is 0.586. The van der Waals surface area contributed by atoms with Gasteiger partial charge in [0.1, 0.15) is 72.8 Å². The van der Waals surface area contributed by atoms with Gasteiger partial charge in [0.2, 0.25) is 47.3 Å². The number of unbranched alkanes of at least 4 members (excludes halogenated alkanes) is 3. The number of para-hydroxylation sites is 2. The van der Waals surface area contributed by atoms with Gasteiger partial charge in [0.25, 0.3) is 0 Å². The first-order valence-corrected chi connectivity index (χ1v) is 29.4. The van der Waals surface area contributed by atoms with Crippen LogP contribution >= 0.6 is 0 Å². The molecule has 85 heavy (non-hydrogen) atoms. The summed E-state index contributed by atoms with van der Waals surface area (Å²) in [6.07, 6.45) is -4.31. The van der Waals surface area contributed by atoms with Crippen LogP contribution in [0, 0.1) is 5.92 Å². The Kier molecular flexibility index (Phi) is 26.0. The number of fused-ring (bicyclic) bond motifs is 2. The number of nitrogens with two attached hydrogens (primary N) is 3. The Bertz CT molecular complexity index is 2860. The molecule has 0 unspecified atom stereocenters. The molecular formula is C58H87N13O14. The van der Waals surface area contributed by atoms with E-state index in [1.165, 1.54) is 0 Å². The number of carbonyl (C=O) groups is 8. The molecule has 8 amide bonds. The van der Waals surface area contributed by atoms with Crippen LogP contribution in [0.25, 0.3) is 21.8 Å². The summed E-state index contributed by atoms with van der Waals surface area (Å²) < 4.78 is 5.77. The molecule has 2 fully saturated rings. The first-order chi connectivity index (χ1) is 40.8. The van der Waals surface area contributed by atoms with Crippen molar-refractivity contribution in [1.29, 1.82) is 0 Å². The lowest BCUT2D eigenvalue weighted by Gasteiger charge is -2.41. The number of hydrogen-bond acceptors (Lipinski definition) is 17. The Hall–Kier alpha value is -7.08. The van der Waals surface area contributed by atoms with E-state index in [2.05, 4.69) is 52.5 Å². The smallest absolute Gasteiger partial charge is 0.245 e.